The molecule has 4 nitrogen and oxygen atoms in total. The van der Waals surface area contributed by atoms with Crippen LogP contribution in [0.2, 0.25) is 0 Å². The van der Waals surface area contributed by atoms with E-state index in [0.717, 1.165) is 25.7 Å². The van der Waals surface area contributed by atoms with Crippen molar-refractivity contribution in [2.24, 2.45) is 45.3 Å². The van der Waals surface area contributed by atoms with Gasteiger partial charge < -0.3 is 14.9 Å². The minimum Gasteiger partial charge on any atom is -0.495 e. The van der Waals surface area contributed by atoms with Crippen LogP contribution in [0.15, 0.2) is 23.5 Å². The summed E-state index contributed by atoms with van der Waals surface area (Å²) in [4.78, 5) is 12.8. The average Bonchev–Trinajstić information content (AvgIpc) is 3.38. The van der Waals surface area contributed by atoms with E-state index in [1.807, 2.05) is 13.2 Å². The predicted octanol–water partition coefficient (Wildman–Crippen LogP) is 5.82. The molecule has 4 aliphatic carbocycles. The lowest BCUT2D eigenvalue weighted by Crippen LogP contribution is -2.57. The summed E-state index contributed by atoms with van der Waals surface area (Å²) in [5, 5.41) is 20.1. The van der Waals surface area contributed by atoms with Crippen LogP contribution in [-0.4, -0.2) is 34.8 Å². The van der Waals surface area contributed by atoms with E-state index < -0.39 is 6.10 Å². The lowest BCUT2D eigenvalue weighted by molar-refractivity contribution is -0.145. The summed E-state index contributed by atoms with van der Waals surface area (Å²) in [6, 6.07) is 0. The molecule has 0 aromatic carbocycles. The number of allylic oxidation sites excluding steroid dienone is 2. The Morgan fingerprint density at radius 2 is 1.79 bits per heavy atom. The van der Waals surface area contributed by atoms with Crippen LogP contribution in [0, 0.1) is 45.3 Å². The number of aliphatic hydroxyl groups is 2. The molecule has 3 saturated carbocycles. The smallest absolute Gasteiger partial charge is 0.138 e. The standard InChI is InChI=1S/C30H46O4/c1-18(16-31)26(33)23-15-19(17-34-23)20-9-13-30(6)22-7-8-24-27(2,3)25(32)11-12-28(24,4)21(22)10-14-29(20,30)5/h7,17-18,20-21,23-24,26,31,33H,8-16H2,1-6H3/t18-,20-,21-,23+,24-,26+,28+,29-,30+/m0/s1. The van der Waals surface area contributed by atoms with E-state index in [1.165, 1.54) is 31.3 Å². The Kier molecular flexibility index (Phi) is 5.73. The molecule has 1 aliphatic heterocycles. The number of aliphatic hydroxyl groups excluding tert-OH is 2. The van der Waals surface area contributed by atoms with Crippen molar-refractivity contribution in [2.75, 3.05) is 6.61 Å². The molecule has 190 valence electrons. The molecular formula is C30H46O4. The van der Waals surface area contributed by atoms with Gasteiger partial charge in [0, 0.05) is 30.8 Å². The Hall–Kier alpha value is -1.13. The molecule has 5 aliphatic rings. The summed E-state index contributed by atoms with van der Waals surface area (Å²) in [7, 11) is 0. The largest absolute Gasteiger partial charge is 0.495 e. The summed E-state index contributed by atoms with van der Waals surface area (Å²) in [6.45, 7) is 13.8. The molecule has 34 heavy (non-hydrogen) atoms. The van der Waals surface area contributed by atoms with Gasteiger partial charge in [0.1, 0.15) is 11.9 Å². The first-order valence-corrected chi connectivity index (χ1v) is 13.8. The Morgan fingerprint density at radius 3 is 2.50 bits per heavy atom. The fourth-order valence-corrected chi connectivity index (χ4v) is 9.50. The van der Waals surface area contributed by atoms with Crippen molar-refractivity contribution in [3.63, 3.8) is 0 Å². The van der Waals surface area contributed by atoms with Crippen molar-refractivity contribution in [2.45, 2.75) is 105 Å². The Bertz CT molecular complexity index is 917. The van der Waals surface area contributed by atoms with Crippen molar-refractivity contribution < 1.29 is 19.7 Å². The van der Waals surface area contributed by atoms with E-state index in [-0.39, 0.29) is 40.3 Å². The molecule has 0 amide bonds. The maximum atomic E-state index is 12.8. The SMILES string of the molecule is C[C@@H](CO)[C@@H](O)[C@H]1CC([C@@H]2CC[C@]3(C)C4=CC[C@H]5C(C)(C)C(=O)CC[C@]5(C)[C@H]4CC[C@@]23C)=CO1. The molecule has 0 aromatic rings. The molecular weight excluding hydrogens is 424 g/mol. The molecule has 0 saturated heterocycles. The summed E-state index contributed by atoms with van der Waals surface area (Å²) in [5.41, 5.74) is 3.42. The summed E-state index contributed by atoms with van der Waals surface area (Å²) in [6.07, 6.45) is 12.1. The van der Waals surface area contributed by atoms with E-state index in [0.29, 0.717) is 23.5 Å². The molecule has 0 aromatic heterocycles. The van der Waals surface area contributed by atoms with Crippen molar-refractivity contribution >= 4 is 5.78 Å². The number of ketones is 1. The number of hydrogen-bond acceptors (Lipinski definition) is 4. The van der Waals surface area contributed by atoms with Gasteiger partial charge in [0.15, 0.2) is 0 Å². The van der Waals surface area contributed by atoms with Crippen molar-refractivity contribution in [3.05, 3.63) is 23.5 Å². The zero-order valence-electron chi connectivity index (χ0n) is 22.2. The van der Waals surface area contributed by atoms with E-state index in [1.54, 1.807) is 5.57 Å². The van der Waals surface area contributed by atoms with Gasteiger partial charge >= 0.3 is 0 Å². The highest BCUT2D eigenvalue weighted by Gasteiger charge is 2.65. The molecule has 0 radical (unpaired) electrons. The van der Waals surface area contributed by atoms with Crippen LogP contribution in [0.4, 0.5) is 0 Å². The zero-order valence-corrected chi connectivity index (χ0v) is 22.2. The second-order valence-electron chi connectivity index (χ2n) is 13.8. The van der Waals surface area contributed by atoms with Gasteiger partial charge in [-0.3, -0.25) is 4.79 Å². The van der Waals surface area contributed by atoms with E-state index in [2.05, 4.69) is 40.7 Å². The number of rotatable bonds is 4. The molecule has 1 heterocycles. The number of hydrogen-bond donors (Lipinski definition) is 2. The third kappa shape index (κ3) is 3.13. The monoisotopic (exact) mass is 470 g/mol. The van der Waals surface area contributed by atoms with Gasteiger partial charge in [-0.05, 0) is 78.1 Å². The maximum Gasteiger partial charge on any atom is 0.138 e. The third-order valence-corrected chi connectivity index (χ3v) is 12.1. The molecule has 0 spiro atoms. The summed E-state index contributed by atoms with van der Waals surface area (Å²) >= 11 is 0. The van der Waals surface area contributed by atoms with Crippen LogP contribution in [0.1, 0.15) is 92.9 Å². The van der Waals surface area contributed by atoms with Crippen LogP contribution < -0.4 is 0 Å². The molecule has 0 bridgehead atoms. The molecule has 0 unspecified atom stereocenters. The first-order chi connectivity index (χ1) is 15.9. The molecule has 3 fully saturated rings. The highest BCUT2D eigenvalue weighted by molar-refractivity contribution is 5.85. The van der Waals surface area contributed by atoms with Crippen LogP contribution in [0.25, 0.3) is 0 Å². The van der Waals surface area contributed by atoms with Crippen LogP contribution in [-0.2, 0) is 9.53 Å². The fraction of sp³-hybridized carbons (Fsp3) is 0.833. The number of carbonyl (C=O) groups is 1. The first kappa shape index (κ1) is 24.6. The van der Waals surface area contributed by atoms with Gasteiger partial charge in [0.2, 0.25) is 0 Å². The zero-order chi connectivity index (χ0) is 24.7. The van der Waals surface area contributed by atoms with Gasteiger partial charge in [-0.2, -0.15) is 0 Å². The minimum atomic E-state index is -0.634. The third-order valence-electron chi connectivity index (χ3n) is 12.1. The molecule has 2 N–H and O–H groups in total. The lowest BCUT2D eigenvalue weighted by Gasteiger charge is -2.63. The predicted molar refractivity (Wildman–Crippen MR) is 134 cm³/mol. The average molecular weight is 471 g/mol. The van der Waals surface area contributed by atoms with Crippen molar-refractivity contribution in [1.29, 1.82) is 0 Å². The Labute approximate surface area is 206 Å². The lowest BCUT2D eigenvalue weighted by atomic mass is 9.41. The first-order valence-electron chi connectivity index (χ1n) is 13.8. The highest BCUT2D eigenvalue weighted by atomic mass is 16.5. The minimum absolute atomic E-state index is 0.0206. The number of fused-ring (bicyclic) bond motifs is 5. The second kappa shape index (κ2) is 7.93. The van der Waals surface area contributed by atoms with Crippen LogP contribution >= 0.6 is 0 Å². The fourth-order valence-electron chi connectivity index (χ4n) is 9.50. The topological polar surface area (TPSA) is 66.8 Å². The quantitative estimate of drug-likeness (QED) is 0.508. The maximum absolute atomic E-state index is 12.8. The second-order valence-corrected chi connectivity index (χ2v) is 13.8. The van der Waals surface area contributed by atoms with E-state index in [9.17, 15) is 15.0 Å². The van der Waals surface area contributed by atoms with E-state index >= 15 is 0 Å². The highest BCUT2D eigenvalue weighted by Crippen LogP contribution is 2.73. The molecule has 9 atom stereocenters. The van der Waals surface area contributed by atoms with Gasteiger partial charge in [-0.15, -0.1) is 0 Å². The van der Waals surface area contributed by atoms with Gasteiger partial charge in [-0.1, -0.05) is 53.2 Å². The molecule has 5 rings (SSSR count). The Morgan fingerprint density at radius 1 is 1.09 bits per heavy atom. The summed E-state index contributed by atoms with van der Waals surface area (Å²) < 4.78 is 5.98. The van der Waals surface area contributed by atoms with E-state index in [4.69, 9.17) is 4.74 Å². The van der Waals surface area contributed by atoms with Gasteiger partial charge in [0.25, 0.3) is 0 Å². The van der Waals surface area contributed by atoms with Gasteiger partial charge in [-0.25, -0.2) is 0 Å². The Balaban J connectivity index is 1.42. The van der Waals surface area contributed by atoms with Gasteiger partial charge in [0.05, 0.1) is 12.4 Å². The normalized spacial score (nSPS) is 47.0. The van der Waals surface area contributed by atoms with Crippen LogP contribution in [0.3, 0.4) is 0 Å². The van der Waals surface area contributed by atoms with Crippen LogP contribution in [0.5, 0.6) is 0 Å². The number of carbonyl (C=O) groups excluding carboxylic acids is 1. The van der Waals surface area contributed by atoms with Crippen molar-refractivity contribution in [1.82, 2.24) is 0 Å². The molecule has 4 heteroatoms. The van der Waals surface area contributed by atoms with Crippen molar-refractivity contribution in [3.8, 4) is 0 Å². The summed E-state index contributed by atoms with van der Waals surface area (Å²) in [5.74, 6) is 1.80. The number of Topliss-reactive ketones (excluding diaryl/α,β-unsaturated/α-hetero) is 1. The number of ether oxygens (including phenoxy) is 1.